The van der Waals surface area contributed by atoms with Crippen LogP contribution in [0.4, 0.5) is 4.39 Å². The summed E-state index contributed by atoms with van der Waals surface area (Å²) in [6.07, 6.45) is 1.78. The molecule has 0 spiro atoms. The van der Waals surface area contributed by atoms with E-state index in [1.807, 2.05) is 0 Å². The van der Waals surface area contributed by atoms with Crippen LogP contribution in [0, 0.1) is 5.82 Å². The van der Waals surface area contributed by atoms with Gasteiger partial charge in [-0.3, -0.25) is 0 Å². The highest BCUT2D eigenvalue weighted by Gasteiger charge is 2.13. The first-order chi connectivity index (χ1) is 7.37. The highest BCUT2D eigenvalue weighted by Crippen LogP contribution is 2.22. The molecule has 1 heterocycles. The number of aromatic nitrogens is 1. The molecule has 1 aromatic carbocycles. The standard InChI is InChI=1S/C10H9ClFNO2S/c1-13-3-2-7-4-9(12)8(5-10(7)13)6-16(11,14)15/h2-5H,6H2,1H3. The predicted octanol–water partition coefficient (Wildman–Crippen LogP) is 2.39. The fourth-order valence-corrected chi connectivity index (χ4v) is 2.57. The maximum absolute atomic E-state index is 13.5. The SMILES string of the molecule is Cn1ccc2cc(F)c(CS(=O)(=O)Cl)cc21. The second-order valence-electron chi connectivity index (χ2n) is 3.61. The van der Waals surface area contributed by atoms with Crippen LogP contribution < -0.4 is 0 Å². The summed E-state index contributed by atoms with van der Waals surface area (Å²) in [4.78, 5) is 0. The zero-order valence-corrected chi connectivity index (χ0v) is 10.0. The van der Waals surface area contributed by atoms with Crippen molar-refractivity contribution in [2.24, 2.45) is 7.05 Å². The van der Waals surface area contributed by atoms with Gasteiger partial charge in [0.25, 0.3) is 0 Å². The van der Waals surface area contributed by atoms with Gasteiger partial charge in [-0.2, -0.15) is 0 Å². The van der Waals surface area contributed by atoms with Gasteiger partial charge in [0, 0.05) is 40.4 Å². The van der Waals surface area contributed by atoms with Crippen LogP contribution in [-0.4, -0.2) is 13.0 Å². The van der Waals surface area contributed by atoms with Gasteiger partial charge in [0.2, 0.25) is 9.05 Å². The van der Waals surface area contributed by atoms with E-state index in [-0.39, 0.29) is 5.56 Å². The van der Waals surface area contributed by atoms with Crippen molar-refractivity contribution in [2.75, 3.05) is 0 Å². The van der Waals surface area contributed by atoms with Crippen molar-refractivity contribution in [3.05, 3.63) is 35.8 Å². The summed E-state index contributed by atoms with van der Waals surface area (Å²) in [7, 11) is 3.17. The zero-order valence-electron chi connectivity index (χ0n) is 8.44. The monoisotopic (exact) mass is 261 g/mol. The third kappa shape index (κ3) is 2.20. The molecule has 0 N–H and O–H groups in total. The van der Waals surface area contributed by atoms with Crippen molar-refractivity contribution in [3.63, 3.8) is 0 Å². The smallest absolute Gasteiger partial charge is 0.236 e. The molecule has 0 aliphatic heterocycles. The third-order valence-corrected chi connectivity index (χ3v) is 3.36. The average Bonchev–Trinajstić information content (AvgIpc) is 2.46. The Morgan fingerprint density at radius 3 is 2.75 bits per heavy atom. The van der Waals surface area contributed by atoms with Crippen LogP contribution in [0.3, 0.4) is 0 Å². The lowest BCUT2D eigenvalue weighted by atomic mass is 10.2. The van der Waals surface area contributed by atoms with E-state index in [0.717, 1.165) is 10.9 Å². The first kappa shape index (κ1) is 11.4. The Labute approximate surface area is 96.9 Å². The molecular formula is C10H9ClFNO2S. The quantitative estimate of drug-likeness (QED) is 0.779. The minimum Gasteiger partial charge on any atom is -0.351 e. The number of hydrogen-bond acceptors (Lipinski definition) is 2. The summed E-state index contributed by atoms with van der Waals surface area (Å²) in [5.74, 6) is -1.05. The molecule has 0 unspecified atom stereocenters. The van der Waals surface area contributed by atoms with Crippen molar-refractivity contribution in [1.82, 2.24) is 4.57 Å². The Morgan fingerprint density at radius 2 is 2.12 bits per heavy atom. The molecule has 16 heavy (non-hydrogen) atoms. The molecule has 0 aliphatic rings. The van der Waals surface area contributed by atoms with E-state index in [1.165, 1.54) is 12.1 Å². The lowest BCUT2D eigenvalue weighted by molar-refractivity contribution is 0.598. The molecule has 2 rings (SSSR count). The molecule has 0 saturated carbocycles. The Bertz CT molecular complexity index is 648. The van der Waals surface area contributed by atoms with Gasteiger partial charge in [0.1, 0.15) is 5.82 Å². The van der Waals surface area contributed by atoms with E-state index in [0.29, 0.717) is 0 Å². The van der Waals surface area contributed by atoms with Gasteiger partial charge in [-0.05, 0) is 18.2 Å². The minimum atomic E-state index is -3.74. The fourth-order valence-electron chi connectivity index (χ4n) is 1.63. The number of rotatable bonds is 2. The number of nitrogens with zero attached hydrogens (tertiary/aromatic N) is 1. The third-order valence-electron chi connectivity index (χ3n) is 2.38. The number of hydrogen-bond donors (Lipinski definition) is 0. The predicted molar refractivity (Wildman–Crippen MR) is 61.4 cm³/mol. The molecule has 86 valence electrons. The minimum absolute atomic E-state index is 0.0873. The molecule has 0 radical (unpaired) electrons. The molecule has 0 bridgehead atoms. The molecular weight excluding hydrogens is 253 g/mol. The van der Waals surface area contributed by atoms with Crippen molar-refractivity contribution < 1.29 is 12.8 Å². The summed E-state index contributed by atoms with van der Waals surface area (Å²) in [5.41, 5.74) is 0.862. The Morgan fingerprint density at radius 1 is 1.44 bits per heavy atom. The van der Waals surface area contributed by atoms with Crippen LogP contribution in [0.25, 0.3) is 10.9 Å². The van der Waals surface area contributed by atoms with Gasteiger partial charge >= 0.3 is 0 Å². The number of aryl methyl sites for hydroxylation is 1. The largest absolute Gasteiger partial charge is 0.351 e. The van der Waals surface area contributed by atoms with E-state index < -0.39 is 20.6 Å². The fraction of sp³-hybridized carbons (Fsp3) is 0.200. The number of halogens is 2. The van der Waals surface area contributed by atoms with Crippen molar-refractivity contribution >= 4 is 30.6 Å². The number of benzene rings is 1. The van der Waals surface area contributed by atoms with Gasteiger partial charge in [-0.1, -0.05) is 0 Å². The molecule has 1 aromatic heterocycles. The van der Waals surface area contributed by atoms with Crippen LogP contribution >= 0.6 is 10.7 Å². The topological polar surface area (TPSA) is 39.1 Å². The van der Waals surface area contributed by atoms with Gasteiger partial charge in [0.15, 0.2) is 0 Å². The van der Waals surface area contributed by atoms with Crippen LogP contribution in [0.5, 0.6) is 0 Å². The summed E-state index contributed by atoms with van der Waals surface area (Å²) in [6.45, 7) is 0. The maximum atomic E-state index is 13.5. The van der Waals surface area contributed by atoms with E-state index in [1.54, 1.807) is 23.9 Å². The van der Waals surface area contributed by atoms with E-state index >= 15 is 0 Å². The highest BCUT2D eigenvalue weighted by atomic mass is 35.7. The van der Waals surface area contributed by atoms with E-state index in [2.05, 4.69) is 0 Å². The molecule has 6 heteroatoms. The Balaban J connectivity index is 2.61. The maximum Gasteiger partial charge on any atom is 0.236 e. The van der Waals surface area contributed by atoms with Crippen molar-refractivity contribution in [3.8, 4) is 0 Å². The van der Waals surface area contributed by atoms with Crippen molar-refractivity contribution in [1.29, 1.82) is 0 Å². The van der Waals surface area contributed by atoms with Gasteiger partial charge < -0.3 is 4.57 Å². The second kappa shape index (κ2) is 3.75. The number of fused-ring (bicyclic) bond motifs is 1. The summed E-state index contributed by atoms with van der Waals surface area (Å²) in [6, 6.07) is 4.58. The molecule has 0 fully saturated rings. The first-order valence-electron chi connectivity index (χ1n) is 4.52. The first-order valence-corrected chi connectivity index (χ1v) is 7.00. The van der Waals surface area contributed by atoms with E-state index in [9.17, 15) is 12.8 Å². The average molecular weight is 262 g/mol. The summed E-state index contributed by atoms with van der Waals surface area (Å²) >= 11 is 0. The molecule has 0 atom stereocenters. The highest BCUT2D eigenvalue weighted by molar-refractivity contribution is 8.13. The molecule has 0 saturated heterocycles. The molecule has 0 aliphatic carbocycles. The van der Waals surface area contributed by atoms with E-state index in [4.69, 9.17) is 10.7 Å². The molecule has 0 amide bonds. The van der Waals surface area contributed by atoms with Gasteiger partial charge in [-0.25, -0.2) is 12.8 Å². The Kier molecular flexibility index (Phi) is 2.67. The zero-order chi connectivity index (χ0) is 11.9. The van der Waals surface area contributed by atoms with Crippen LogP contribution in [-0.2, 0) is 21.9 Å². The van der Waals surface area contributed by atoms with Gasteiger partial charge in [-0.15, -0.1) is 0 Å². The lowest BCUT2D eigenvalue weighted by Crippen LogP contribution is -1.99. The van der Waals surface area contributed by atoms with Crippen LogP contribution in [0.2, 0.25) is 0 Å². The second-order valence-corrected chi connectivity index (χ2v) is 6.39. The molecule has 2 aromatic rings. The van der Waals surface area contributed by atoms with Gasteiger partial charge in [0.05, 0.1) is 5.75 Å². The van der Waals surface area contributed by atoms with Crippen LogP contribution in [0.1, 0.15) is 5.56 Å². The lowest BCUT2D eigenvalue weighted by Gasteiger charge is -2.03. The Hall–Kier alpha value is -1.07. The van der Waals surface area contributed by atoms with Crippen molar-refractivity contribution in [2.45, 2.75) is 5.75 Å². The summed E-state index contributed by atoms with van der Waals surface area (Å²) in [5, 5.41) is 0.732. The summed E-state index contributed by atoms with van der Waals surface area (Å²) < 4.78 is 37.1. The normalized spacial score (nSPS) is 12.2. The molecule has 3 nitrogen and oxygen atoms in total. The van der Waals surface area contributed by atoms with Crippen LogP contribution in [0.15, 0.2) is 24.4 Å².